The molecule has 0 aromatic heterocycles. The fourth-order valence-corrected chi connectivity index (χ4v) is 7.32. The zero-order valence-electron chi connectivity index (χ0n) is 17.6. The van der Waals surface area contributed by atoms with Crippen molar-refractivity contribution in [2.75, 3.05) is 13.1 Å². The number of nitrogens with two attached hydrogens (primary N) is 1. The average Bonchev–Trinajstić information content (AvgIpc) is 3.30. The van der Waals surface area contributed by atoms with E-state index in [9.17, 15) is 9.59 Å². The molecule has 2 bridgehead atoms. The van der Waals surface area contributed by atoms with Gasteiger partial charge < -0.3 is 10.6 Å². The van der Waals surface area contributed by atoms with Gasteiger partial charge in [-0.05, 0) is 89.4 Å². The Morgan fingerprint density at radius 3 is 2.54 bits per heavy atom. The highest BCUT2D eigenvalue weighted by Crippen LogP contribution is 2.51. The second-order valence-electron chi connectivity index (χ2n) is 10.4. The third kappa shape index (κ3) is 4.04. The van der Waals surface area contributed by atoms with Crippen molar-refractivity contribution in [2.24, 2.45) is 34.4 Å². The van der Waals surface area contributed by atoms with Crippen LogP contribution < -0.4 is 5.73 Å². The van der Waals surface area contributed by atoms with E-state index in [2.05, 4.69) is 11.9 Å². The van der Waals surface area contributed by atoms with E-state index >= 15 is 0 Å². The quantitative estimate of drug-likeness (QED) is 0.758. The van der Waals surface area contributed by atoms with Gasteiger partial charge in [0.1, 0.15) is 4.75 Å². The van der Waals surface area contributed by atoms with Gasteiger partial charge in [0.05, 0.1) is 10.6 Å². The molecule has 0 aromatic carbocycles. The van der Waals surface area contributed by atoms with Gasteiger partial charge in [0.2, 0.25) is 5.91 Å². The molecular formula is C22H35N3O2S. The highest BCUT2D eigenvalue weighted by Gasteiger charge is 2.46. The van der Waals surface area contributed by atoms with E-state index in [0.717, 1.165) is 61.6 Å². The summed E-state index contributed by atoms with van der Waals surface area (Å²) in [6.07, 6.45) is 9.35. The van der Waals surface area contributed by atoms with Crippen LogP contribution in [0.5, 0.6) is 0 Å². The Morgan fingerprint density at radius 2 is 1.96 bits per heavy atom. The van der Waals surface area contributed by atoms with Gasteiger partial charge in [-0.3, -0.25) is 9.59 Å². The van der Waals surface area contributed by atoms with E-state index < -0.39 is 10.3 Å². The lowest BCUT2D eigenvalue weighted by Gasteiger charge is -2.37. The first-order valence-corrected chi connectivity index (χ1v) is 11.8. The standard InChI is InChI=1S/C22H35N3O2S/c1-21(2,23)20(27)25-8-6-14(7-9-25)13-22(3)19(26)24-18(28-22)12-17-11-15-4-5-16(17)10-15/h14-17H,4-13,23H2,1-3H3/t15-,16+,17-,22?/m1/s1. The Balaban J connectivity index is 1.28. The topological polar surface area (TPSA) is 75.8 Å². The number of likely N-dealkylation sites (tertiary alicyclic amines) is 1. The fourth-order valence-electron chi connectivity index (χ4n) is 5.92. The lowest BCUT2D eigenvalue weighted by atomic mass is 9.86. The third-order valence-electron chi connectivity index (χ3n) is 7.47. The number of hydrogen-bond donors (Lipinski definition) is 1. The van der Waals surface area contributed by atoms with Crippen LogP contribution in [0.15, 0.2) is 4.99 Å². The van der Waals surface area contributed by atoms with E-state index in [0.29, 0.717) is 5.92 Å². The van der Waals surface area contributed by atoms with Crippen molar-refractivity contribution in [1.82, 2.24) is 4.90 Å². The lowest BCUT2D eigenvalue weighted by molar-refractivity contribution is -0.137. The Morgan fingerprint density at radius 1 is 1.25 bits per heavy atom. The van der Waals surface area contributed by atoms with Crippen LogP contribution in [0.3, 0.4) is 0 Å². The minimum absolute atomic E-state index is 0.0277. The molecule has 2 heterocycles. The summed E-state index contributed by atoms with van der Waals surface area (Å²) < 4.78 is -0.406. The highest BCUT2D eigenvalue weighted by molar-refractivity contribution is 8.16. The van der Waals surface area contributed by atoms with E-state index in [4.69, 9.17) is 5.73 Å². The molecule has 0 aromatic rings. The van der Waals surface area contributed by atoms with E-state index in [1.165, 1.54) is 25.7 Å². The minimum atomic E-state index is -0.807. The van der Waals surface area contributed by atoms with Gasteiger partial charge in [-0.25, -0.2) is 4.99 Å². The number of thioether (sulfide) groups is 1. The molecule has 0 spiro atoms. The predicted molar refractivity (Wildman–Crippen MR) is 114 cm³/mol. The summed E-state index contributed by atoms with van der Waals surface area (Å²) in [6.45, 7) is 7.12. The van der Waals surface area contributed by atoms with Crippen LogP contribution in [-0.4, -0.2) is 45.1 Å². The van der Waals surface area contributed by atoms with Crippen molar-refractivity contribution < 1.29 is 9.59 Å². The van der Waals surface area contributed by atoms with Crippen molar-refractivity contribution in [3.8, 4) is 0 Å². The summed E-state index contributed by atoms with van der Waals surface area (Å²) in [7, 11) is 0. The van der Waals surface area contributed by atoms with Crippen molar-refractivity contribution in [2.45, 2.75) is 82.4 Å². The number of piperidine rings is 1. The molecule has 2 aliphatic carbocycles. The zero-order chi connectivity index (χ0) is 20.1. The SMILES string of the molecule is CC(C)(N)C(=O)N1CCC(CC2(C)SC(C[C@H]3C[C@@H]4CC[C@H]3C4)=NC2=O)CC1. The molecule has 2 N–H and O–H groups in total. The first-order chi connectivity index (χ1) is 13.1. The minimum Gasteiger partial charge on any atom is -0.341 e. The normalized spacial score (nSPS) is 36.3. The summed E-state index contributed by atoms with van der Waals surface area (Å²) in [5.74, 6) is 3.15. The summed E-state index contributed by atoms with van der Waals surface area (Å²) in [4.78, 5) is 31.5. The molecule has 28 heavy (non-hydrogen) atoms. The summed E-state index contributed by atoms with van der Waals surface area (Å²) in [6, 6.07) is 0. The molecule has 3 fully saturated rings. The molecular weight excluding hydrogens is 370 g/mol. The van der Waals surface area contributed by atoms with Crippen LogP contribution in [0.25, 0.3) is 0 Å². The molecule has 2 aliphatic heterocycles. The zero-order valence-corrected chi connectivity index (χ0v) is 18.4. The number of aliphatic imine (C=N–C) groups is 1. The van der Waals surface area contributed by atoms with Gasteiger partial charge in [-0.2, -0.15) is 0 Å². The Kier molecular flexibility index (Phi) is 5.41. The molecule has 4 rings (SSSR count). The number of amides is 2. The predicted octanol–water partition coefficient (Wildman–Crippen LogP) is 3.61. The molecule has 1 saturated heterocycles. The Hall–Kier alpha value is -0.880. The van der Waals surface area contributed by atoms with Gasteiger partial charge in [0.15, 0.2) is 0 Å². The number of carbonyl (C=O) groups is 2. The first kappa shape index (κ1) is 20.4. The molecule has 6 heteroatoms. The summed E-state index contributed by atoms with van der Waals surface area (Å²) in [5, 5.41) is 1.09. The molecule has 4 atom stereocenters. The molecule has 2 amide bonds. The van der Waals surface area contributed by atoms with Crippen molar-refractivity contribution in [1.29, 1.82) is 0 Å². The van der Waals surface area contributed by atoms with Gasteiger partial charge in [-0.15, -0.1) is 0 Å². The van der Waals surface area contributed by atoms with Crippen LogP contribution in [0.1, 0.15) is 72.1 Å². The van der Waals surface area contributed by atoms with Crippen LogP contribution in [0.4, 0.5) is 0 Å². The average molecular weight is 406 g/mol. The molecule has 5 nitrogen and oxygen atoms in total. The first-order valence-electron chi connectivity index (χ1n) is 11.0. The second-order valence-corrected chi connectivity index (χ2v) is 12.0. The number of fused-ring (bicyclic) bond motifs is 2. The number of hydrogen-bond acceptors (Lipinski definition) is 4. The molecule has 4 aliphatic rings. The van der Waals surface area contributed by atoms with Crippen molar-refractivity contribution >= 4 is 28.6 Å². The fraction of sp³-hybridized carbons (Fsp3) is 0.864. The maximum Gasteiger partial charge on any atom is 0.262 e. The van der Waals surface area contributed by atoms with Crippen LogP contribution >= 0.6 is 11.8 Å². The van der Waals surface area contributed by atoms with Crippen LogP contribution in [0.2, 0.25) is 0 Å². The lowest BCUT2D eigenvalue weighted by Crippen LogP contribution is -2.53. The monoisotopic (exact) mass is 405 g/mol. The van der Waals surface area contributed by atoms with Gasteiger partial charge in [-0.1, -0.05) is 18.2 Å². The van der Waals surface area contributed by atoms with E-state index in [1.54, 1.807) is 25.6 Å². The molecule has 1 unspecified atom stereocenters. The van der Waals surface area contributed by atoms with Crippen molar-refractivity contribution in [3.63, 3.8) is 0 Å². The maximum absolute atomic E-state index is 12.7. The number of rotatable bonds is 5. The molecule has 2 saturated carbocycles. The van der Waals surface area contributed by atoms with Gasteiger partial charge in [0.25, 0.3) is 5.91 Å². The second kappa shape index (κ2) is 7.42. The summed E-state index contributed by atoms with van der Waals surface area (Å²) in [5.41, 5.74) is 5.16. The number of carbonyl (C=O) groups excluding carboxylic acids is 2. The van der Waals surface area contributed by atoms with E-state index in [1.807, 2.05) is 4.90 Å². The molecule has 0 radical (unpaired) electrons. The van der Waals surface area contributed by atoms with Gasteiger partial charge in [0, 0.05) is 13.1 Å². The third-order valence-corrected chi connectivity index (χ3v) is 8.76. The van der Waals surface area contributed by atoms with Crippen molar-refractivity contribution in [3.05, 3.63) is 0 Å². The van der Waals surface area contributed by atoms with E-state index in [-0.39, 0.29) is 11.8 Å². The maximum atomic E-state index is 12.7. The number of nitrogens with zero attached hydrogens (tertiary/aromatic N) is 2. The smallest absolute Gasteiger partial charge is 0.262 e. The van der Waals surface area contributed by atoms with Gasteiger partial charge >= 0.3 is 0 Å². The van der Waals surface area contributed by atoms with Crippen LogP contribution in [0, 0.1) is 23.7 Å². The van der Waals surface area contributed by atoms with Crippen LogP contribution in [-0.2, 0) is 9.59 Å². The Bertz CT molecular complexity index is 678. The largest absolute Gasteiger partial charge is 0.341 e. The highest BCUT2D eigenvalue weighted by atomic mass is 32.2. The Labute approximate surface area is 173 Å². The summed E-state index contributed by atoms with van der Waals surface area (Å²) >= 11 is 1.74. The molecule has 156 valence electrons.